The lowest BCUT2D eigenvalue weighted by molar-refractivity contribution is 0.341. The molecule has 0 spiro atoms. The Morgan fingerprint density at radius 3 is 2.72 bits per heavy atom. The quantitative estimate of drug-likeness (QED) is 0.864. The predicted molar refractivity (Wildman–Crippen MR) is 71.2 cm³/mol. The lowest BCUT2D eigenvalue weighted by atomic mass is 9.89. The van der Waals surface area contributed by atoms with E-state index < -0.39 is 0 Å². The zero-order valence-corrected chi connectivity index (χ0v) is 11.0. The number of ether oxygens (including phenoxy) is 1. The van der Waals surface area contributed by atoms with Crippen LogP contribution >= 0.6 is 0 Å². The molecule has 0 radical (unpaired) electrons. The average molecular weight is 251 g/mol. The zero-order chi connectivity index (χ0) is 12.8. The number of nitrogens with one attached hydrogen (secondary N) is 1. The number of hydrogen-bond donors (Lipinski definition) is 1. The van der Waals surface area contributed by atoms with E-state index in [-0.39, 0.29) is 5.82 Å². The highest BCUT2D eigenvalue weighted by atomic mass is 19.1. The van der Waals surface area contributed by atoms with Crippen LogP contribution in [0.25, 0.3) is 0 Å². The molecule has 3 heteroatoms. The van der Waals surface area contributed by atoms with Gasteiger partial charge in [0, 0.05) is 6.54 Å². The summed E-state index contributed by atoms with van der Waals surface area (Å²) in [6.45, 7) is 1.78. The Hall–Kier alpha value is -1.09. The molecule has 1 aromatic carbocycles. The van der Waals surface area contributed by atoms with Crippen molar-refractivity contribution in [1.29, 1.82) is 0 Å². The maximum absolute atomic E-state index is 13.5. The SMILES string of the molecule is COc1ccc(CNCC2CCCCC2)cc1F. The maximum atomic E-state index is 13.5. The van der Waals surface area contributed by atoms with Crippen LogP contribution in [0.15, 0.2) is 18.2 Å². The van der Waals surface area contributed by atoms with Crippen molar-refractivity contribution in [1.82, 2.24) is 5.32 Å². The molecule has 0 unspecified atom stereocenters. The van der Waals surface area contributed by atoms with Gasteiger partial charge >= 0.3 is 0 Å². The standard InChI is InChI=1S/C15H22FNO/c1-18-15-8-7-13(9-14(15)16)11-17-10-12-5-3-2-4-6-12/h7-9,12,17H,2-6,10-11H2,1H3. The van der Waals surface area contributed by atoms with Crippen LogP contribution in [-0.4, -0.2) is 13.7 Å². The minimum Gasteiger partial charge on any atom is -0.494 e. The van der Waals surface area contributed by atoms with Crippen molar-refractivity contribution in [2.75, 3.05) is 13.7 Å². The van der Waals surface area contributed by atoms with Gasteiger partial charge in [-0.1, -0.05) is 25.3 Å². The number of rotatable bonds is 5. The van der Waals surface area contributed by atoms with Gasteiger partial charge in [0.2, 0.25) is 0 Å². The highest BCUT2D eigenvalue weighted by molar-refractivity contribution is 5.29. The number of benzene rings is 1. The van der Waals surface area contributed by atoms with Gasteiger partial charge < -0.3 is 10.1 Å². The van der Waals surface area contributed by atoms with E-state index in [1.165, 1.54) is 39.2 Å². The molecular formula is C15H22FNO. The third-order valence-corrected chi connectivity index (χ3v) is 3.70. The molecule has 1 N–H and O–H groups in total. The van der Waals surface area contributed by atoms with E-state index in [0.29, 0.717) is 5.75 Å². The van der Waals surface area contributed by atoms with E-state index in [9.17, 15) is 4.39 Å². The van der Waals surface area contributed by atoms with Gasteiger partial charge in [0.05, 0.1) is 7.11 Å². The van der Waals surface area contributed by atoms with Gasteiger partial charge in [0.1, 0.15) is 0 Å². The van der Waals surface area contributed by atoms with E-state index >= 15 is 0 Å². The summed E-state index contributed by atoms with van der Waals surface area (Å²) in [6, 6.07) is 5.15. The molecule has 18 heavy (non-hydrogen) atoms. The van der Waals surface area contributed by atoms with Gasteiger partial charge in [-0.2, -0.15) is 0 Å². The zero-order valence-electron chi connectivity index (χ0n) is 11.0. The molecule has 0 bridgehead atoms. The maximum Gasteiger partial charge on any atom is 0.165 e. The smallest absolute Gasteiger partial charge is 0.165 e. The molecule has 0 atom stereocenters. The van der Waals surface area contributed by atoms with Gasteiger partial charge in [-0.15, -0.1) is 0 Å². The van der Waals surface area contributed by atoms with E-state index in [1.54, 1.807) is 12.1 Å². The first-order chi connectivity index (χ1) is 8.79. The van der Waals surface area contributed by atoms with Gasteiger partial charge in [-0.05, 0) is 43.0 Å². The summed E-state index contributed by atoms with van der Waals surface area (Å²) in [7, 11) is 1.49. The van der Waals surface area contributed by atoms with Gasteiger partial charge in [-0.25, -0.2) is 4.39 Å². The van der Waals surface area contributed by atoms with Gasteiger partial charge in [0.25, 0.3) is 0 Å². The first kappa shape index (κ1) is 13.3. The number of hydrogen-bond acceptors (Lipinski definition) is 2. The van der Waals surface area contributed by atoms with Crippen LogP contribution in [0.3, 0.4) is 0 Å². The van der Waals surface area contributed by atoms with Crippen molar-refractivity contribution in [2.24, 2.45) is 5.92 Å². The fourth-order valence-electron chi connectivity index (χ4n) is 2.63. The second kappa shape index (κ2) is 6.74. The Balaban J connectivity index is 1.77. The summed E-state index contributed by atoms with van der Waals surface area (Å²) in [5.74, 6) is 0.836. The lowest BCUT2D eigenvalue weighted by Crippen LogP contribution is -2.24. The summed E-state index contributed by atoms with van der Waals surface area (Å²) in [5.41, 5.74) is 0.976. The highest BCUT2D eigenvalue weighted by Crippen LogP contribution is 2.23. The van der Waals surface area contributed by atoms with Crippen molar-refractivity contribution >= 4 is 0 Å². The van der Waals surface area contributed by atoms with Crippen molar-refractivity contribution in [3.05, 3.63) is 29.6 Å². The van der Waals surface area contributed by atoms with Crippen molar-refractivity contribution in [3.8, 4) is 5.75 Å². The summed E-state index contributed by atoms with van der Waals surface area (Å²) in [5, 5.41) is 3.43. The van der Waals surface area contributed by atoms with Gasteiger partial charge in [0.15, 0.2) is 11.6 Å². The first-order valence-electron chi connectivity index (χ1n) is 6.82. The second-order valence-electron chi connectivity index (χ2n) is 5.10. The predicted octanol–water partition coefficient (Wildman–Crippen LogP) is 3.50. The monoisotopic (exact) mass is 251 g/mol. The molecule has 1 saturated carbocycles. The molecule has 1 aliphatic rings. The molecular weight excluding hydrogens is 229 g/mol. The first-order valence-corrected chi connectivity index (χ1v) is 6.82. The van der Waals surface area contributed by atoms with E-state index in [1.807, 2.05) is 6.07 Å². The summed E-state index contributed by atoms with van der Waals surface area (Å²) in [6.07, 6.45) is 6.79. The highest BCUT2D eigenvalue weighted by Gasteiger charge is 2.12. The number of methoxy groups -OCH3 is 1. The molecule has 100 valence electrons. The van der Waals surface area contributed by atoms with Crippen molar-refractivity contribution in [3.63, 3.8) is 0 Å². The lowest BCUT2D eigenvalue weighted by Gasteiger charge is -2.21. The van der Waals surface area contributed by atoms with Crippen molar-refractivity contribution in [2.45, 2.75) is 38.6 Å². The summed E-state index contributed by atoms with van der Waals surface area (Å²) >= 11 is 0. The molecule has 1 fully saturated rings. The molecule has 2 nitrogen and oxygen atoms in total. The molecule has 0 saturated heterocycles. The molecule has 2 rings (SSSR count). The fourth-order valence-corrected chi connectivity index (χ4v) is 2.63. The van der Waals surface area contributed by atoms with Crippen LogP contribution in [0.2, 0.25) is 0 Å². The average Bonchev–Trinajstić information content (AvgIpc) is 2.40. The van der Waals surface area contributed by atoms with Crippen LogP contribution < -0.4 is 10.1 Å². The molecule has 0 heterocycles. The molecule has 0 aromatic heterocycles. The number of halogens is 1. The summed E-state index contributed by atoms with van der Waals surface area (Å²) < 4.78 is 18.4. The Bertz CT molecular complexity index is 375. The Labute approximate surface area is 109 Å². The van der Waals surface area contributed by atoms with E-state index in [0.717, 1.165) is 24.6 Å². The van der Waals surface area contributed by atoms with Crippen LogP contribution in [-0.2, 0) is 6.54 Å². The summed E-state index contributed by atoms with van der Waals surface area (Å²) in [4.78, 5) is 0. The van der Waals surface area contributed by atoms with Crippen LogP contribution in [0.4, 0.5) is 4.39 Å². The third kappa shape index (κ3) is 3.70. The van der Waals surface area contributed by atoms with E-state index in [4.69, 9.17) is 4.74 Å². The van der Waals surface area contributed by atoms with Crippen LogP contribution in [0.5, 0.6) is 5.75 Å². The van der Waals surface area contributed by atoms with Crippen molar-refractivity contribution < 1.29 is 9.13 Å². The molecule has 1 aliphatic carbocycles. The Kier molecular flexibility index (Phi) is 5.00. The van der Waals surface area contributed by atoms with Crippen LogP contribution in [0, 0.1) is 11.7 Å². The Morgan fingerprint density at radius 1 is 1.28 bits per heavy atom. The minimum absolute atomic E-state index is 0.283. The van der Waals surface area contributed by atoms with Gasteiger partial charge in [-0.3, -0.25) is 0 Å². The Morgan fingerprint density at radius 2 is 2.06 bits per heavy atom. The topological polar surface area (TPSA) is 21.3 Å². The fraction of sp³-hybridized carbons (Fsp3) is 0.600. The molecule has 1 aromatic rings. The molecule has 0 amide bonds. The largest absolute Gasteiger partial charge is 0.494 e. The van der Waals surface area contributed by atoms with E-state index in [2.05, 4.69) is 5.32 Å². The third-order valence-electron chi connectivity index (χ3n) is 3.70. The second-order valence-corrected chi connectivity index (χ2v) is 5.10. The molecule has 0 aliphatic heterocycles. The normalized spacial score (nSPS) is 16.8. The minimum atomic E-state index is -0.283. The van der Waals surface area contributed by atoms with Crippen LogP contribution in [0.1, 0.15) is 37.7 Å².